The molecule has 2 amide bonds. The van der Waals surface area contributed by atoms with E-state index in [1.807, 2.05) is 6.07 Å². The second kappa shape index (κ2) is 11.1. The van der Waals surface area contributed by atoms with Crippen LogP contribution in [0.4, 0.5) is 0 Å². The fourth-order valence-electron chi connectivity index (χ4n) is 6.65. The first-order chi connectivity index (χ1) is 17.8. The van der Waals surface area contributed by atoms with Gasteiger partial charge in [-0.05, 0) is 94.6 Å². The van der Waals surface area contributed by atoms with Crippen molar-refractivity contribution in [3.8, 4) is 0 Å². The molecule has 9 heteroatoms. The van der Waals surface area contributed by atoms with E-state index in [0.717, 1.165) is 42.5 Å². The van der Waals surface area contributed by atoms with Crippen LogP contribution in [0.15, 0.2) is 23.0 Å². The topological polar surface area (TPSA) is 106 Å². The van der Waals surface area contributed by atoms with Gasteiger partial charge in [-0.3, -0.25) is 28.9 Å². The largest absolute Gasteiger partial charge is 0.329 e. The van der Waals surface area contributed by atoms with Gasteiger partial charge in [0.15, 0.2) is 0 Å². The van der Waals surface area contributed by atoms with Gasteiger partial charge in [0.1, 0.15) is 6.04 Å². The highest BCUT2D eigenvalue weighted by Gasteiger charge is 2.31. The molecule has 2 saturated heterocycles. The number of rotatable bonds is 7. The molecule has 202 valence electrons. The lowest BCUT2D eigenvalue weighted by Crippen LogP contribution is -2.44. The predicted octanol–water partition coefficient (Wildman–Crippen LogP) is 1.98. The Hall–Kier alpha value is -2.49. The number of nitrogens with one attached hydrogen (secondary N) is 1. The van der Waals surface area contributed by atoms with Crippen molar-refractivity contribution in [3.63, 3.8) is 0 Å². The van der Waals surface area contributed by atoms with E-state index in [-0.39, 0.29) is 18.0 Å². The summed E-state index contributed by atoms with van der Waals surface area (Å²) in [6, 6.07) is 5.87. The number of nitrogens with zero attached hydrogens (tertiary/aromatic N) is 4. The Bertz CT molecular complexity index is 1190. The molecule has 9 nitrogen and oxygen atoms in total. The lowest BCUT2D eigenvalue weighted by Gasteiger charge is -2.35. The maximum absolute atomic E-state index is 13.0. The molecule has 3 N–H and O–H groups in total. The average Bonchev–Trinajstić information content (AvgIpc) is 3.11. The number of benzene rings is 1. The minimum atomic E-state index is -0.646. The van der Waals surface area contributed by atoms with Crippen LogP contribution in [0.2, 0.25) is 0 Å². The van der Waals surface area contributed by atoms with E-state index < -0.39 is 11.9 Å². The average molecular weight is 511 g/mol. The summed E-state index contributed by atoms with van der Waals surface area (Å²) >= 11 is 0. The van der Waals surface area contributed by atoms with E-state index >= 15 is 0 Å². The van der Waals surface area contributed by atoms with E-state index in [4.69, 9.17) is 5.73 Å². The van der Waals surface area contributed by atoms with Crippen molar-refractivity contribution in [1.29, 1.82) is 0 Å². The summed E-state index contributed by atoms with van der Waals surface area (Å²) in [6.07, 6.45) is 7.94. The molecule has 1 aliphatic carbocycles. The molecule has 3 aliphatic rings. The molecule has 0 bridgehead atoms. The van der Waals surface area contributed by atoms with Crippen molar-refractivity contribution >= 4 is 22.8 Å². The molecule has 1 aromatic heterocycles. The zero-order chi connectivity index (χ0) is 26.1. The Morgan fingerprint density at radius 1 is 0.946 bits per heavy atom. The summed E-state index contributed by atoms with van der Waals surface area (Å²) in [5.41, 5.74) is 8.59. The summed E-state index contributed by atoms with van der Waals surface area (Å²) in [6.45, 7) is 5.41. The second-order valence-electron chi connectivity index (χ2n) is 11.7. The Morgan fingerprint density at radius 2 is 1.62 bits per heavy atom. The Morgan fingerprint density at radius 3 is 2.30 bits per heavy atom. The maximum Gasteiger partial charge on any atom is 0.329 e. The van der Waals surface area contributed by atoms with Crippen LogP contribution >= 0.6 is 0 Å². The first kappa shape index (κ1) is 26.1. The zero-order valence-corrected chi connectivity index (χ0v) is 22.3. The van der Waals surface area contributed by atoms with Gasteiger partial charge in [0.05, 0.1) is 11.0 Å². The third kappa shape index (κ3) is 5.84. The van der Waals surface area contributed by atoms with Gasteiger partial charge >= 0.3 is 5.69 Å². The highest BCUT2D eigenvalue weighted by molar-refractivity contribution is 6.00. The standard InChI is InChI=1S/C28H42N6O3/c1-31(16-19-3-6-22(29)7-4-19)17-20-11-13-33(14-12-20)18-21-5-8-23-25(15-21)32(2)28(37)34(23)24-9-10-26(35)30-27(24)36/h5,8,15,19-20,22,24H,3-4,6-7,9-14,16-18,29H2,1-2H3,(H,30,35,36). The number of amides is 2. The molecule has 37 heavy (non-hydrogen) atoms. The van der Waals surface area contributed by atoms with E-state index in [1.165, 1.54) is 57.2 Å². The maximum atomic E-state index is 13.0. The van der Waals surface area contributed by atoms with Crippen molar-refractivity contribution in [2.24, 2.45) is 24.6 Å². The minimum absolute atomic E-state index is 0.220. The lowest BCUT2D eigenvalue weighted by atomic mass is 9.86. The highest BCUT2D eigenvalue weighted by atomic mass is 16.2. The fourth-order valence-corrected chi connectivity index (χ4v) is 6.65. The van der Waals surface area contributed by atoms with Crippen molar-refractivity contribution in [2.75, 3.05) is 33.2 Å². The van der Waals surface area contributed by atoms with Crippen LogP contribution in [0.3, 0.4) is 0 Å². The number of imide groups is 1. The number of carbonyl (C=O) groups excluding carboxylic acids is 2. The van der Waals surface area contributed by atoms with Crippen molar-refractivity contribution in [2.45, 2.75) is 70.0 Å². The summed E-state index contributed by atoms with van der Waals surface area (Å²) in [7, 11) is 4.03. The Balaban J connectivity index is 1.17. The number of hydrogen-bond acceptors (Lipinski definition) is 6. The molecule has 0 spiro atoms. The summed E-state index contributed by atoms with van der Waals surface area (Å²) < 4.78 is 3.16. The Kier molecular flexibility index (Phi) is 7.83. The lowest BCUT2D eigenvalue weighted by molar-refractivity contribution is -0.135. The first-order valence-corrected chi connectivity index (χ1v) is 14.0. The van der Waals surface area contributed by atoms with Gasteiger partial charge in [0.2, 0.25) is 11.8 Å². The number of piperidine rings is 2. The van der Waals surface area contributed by atoms with Crippen LogP contribution in [0.1, 0.15) is 63.0 Å². The quantitative estimate of drug-likeness (QED) is 0.552. The van der Waals surface area contributed by atoms with Gasteiger partial charge < -0.3 is 10.6 Å². The molecule has 3 heterocycles. The third-order valence-corrected chi connectivity index (χ3v) is 8.82. The number of aryl methyl sites for hydroxylation is 1. The molecule has 2 aliphatic heterocycles. The predicted molar refractivity (Wildman–Crippen MR) is 144 cm³/mol. The molecule has 0 radical (unpaired) electrons. The molecule has 1 aromatic carbocycles. The van der Waals surface area contributed by atoms with Gasteiger partial charge in [-0.15, -0.1) is 0 Å². The molecule has 1 atom stereocenters. The van der Waals surface area contributed by atoms with Gasteiger partial charge in [-0.25, -0.2) is 4.79 Å². The van der Waals surface area contributed by atoms with Crippen molar-refractivity contribution < 1.29 is 9.59 Å². The van der Waals surface area contributed by atoms with Gasteiger partial charge in [-0.1, -0.05) is 6.07 Å². The SMILES string of the molecule is CN(CC1CCC(N)CC1)CC1CCN(Cc2ccc3c(c2)n(C)c(=O)n3C2CCC(=O)NC2=O)CC1. The van der Waals surface area contributed by atoms with Crippen molar-refractivity contribution in [1.82, 2.24) is 24.3 Å². The van der Waals surface area contributed by atoms with Crippen LogP contribution < -0.4 is 16.7 Å². The minimum Gasteiger partial charge on any atom is -0.328 e. The monoisotopic (exact) mass is 510 g/mol. The zero-order valence-electron chi connectivity index (χ0n) is 22.3. The summed E-state index contributed by atoms with van der Waals surface area (Å²) in [5.74, 6) is 0.881. The van der Waals surface area contributed by atoms with E-state index in [0.29, 0.717) is 12.5 Å². The smallest absolute Gasteiger partial charge is 0.328 e. The number of aromatic nitrogens is 2. The molecule has 5 rings (SSSR count). The summed E-state index contributed by atoms with van der Waals surface area (Å²) in [5, 5.41) is 2.37. The van der Waals surface area contributed by atoms with Crippen LogP contribution in [0, 0.1) is 11.8 Å². The molecule has 3 fully saturated rings. The molecular formula is C28H42N6O3. The molecule has 2 aromatic rings. The number of nitrogens with two attached hydrogens (primary N) is 1. The normalized spacial score (nSPS) is 26.2. The van der Waals surface area contributed by atoms with Crippen LogP contribution in [-0.4, -0.2) is 70.0 Å². The number of carbonyl (C=O) groups is 2. The van der Waals surface area contributed by atoms with E-state index in [2.05, 4.69) is 34.3 Å². The second-order valence-corrected chi connectivity index (χ2v) is 11.7. The number of likely N-dealkylation sites (tertiary alicyclic amines) is 1. The van der Waals surface area contributed by atoms with Gasteiger partial charge in [0.25, 0.3) is 0 Å². The molecule has 1 unspecified atom stereocenters. The van der Waals surface area contributed by atoms with Crippen LogP contribution in [-0.2, 0) is 23.2 Å². The van der Waals surface area contributed by atoms with E-state index in [9.17, 15) is 14.4 Å². The number of fused-ring (bicyclic) bond motifs is 1. The Labute approximate surface area is 219 Å². The molecule has 1 saturated carbocycles. The highest BCUT2D eigenvalue weighted by Crippen LogP contribution is 2.27. The third-order valence-electron chi connectivity index (χ3n) is 8.82. The summed E-state index contributed by atoms with van der Waals surface area (Å²) in [4.78, 5) is 42.1. The number of imidazole rings is 1. The van der Waals surface area contributed by atoms with Crippen LogP contribution in [0.25, 0.3) is 11.0 Å². The van der Waals surface area contributed by atoms with E-state index in [1.54, 1.807) is 16.2 Å². The molecular weight excluding hydrogens is 468 g/mol. The first-order valence-electron chi connectivity index (χ1n) is 14.0. The fraction of sp³-hybridized carbons (Fsp3) is 0.679. The number of hydrogen-bond donors (Lipinski definition) is 2. The van der Waals surface area contributed by atoms with Gasteiger partial charge in [-0.2, -0.15) is 0 Å². The van der Waals surface area contributed by atoms with Gasteiger partial charge in [0, 0.05) is 39.1 Å². The van der Waals surface area contributed by atoms with Crippen molar-refractivity contribution in [3.05, 3.63) is 34.2 Å². The van der Waals surface area contributed by atoms with Crippen LogP contribution in [0.5, 0.6) is 0 Å².